The van der Waals surface area contributed by atoms with Crippen molar-refractivity contribution in [3.05, 3.63) is 12.4 Å². The van der Waals surface area contributed by atoms with Gasteiger partial charge in [0.1, 0.15) is 0 Å². The van der Waals surface area contributed by atoms with Gasteiger partial charge in [-0.3, -0.25) is 0 Å². The number of aryl methyl sites for hydroxylation is 1. The first kappa shape index (κ1) is 11.5. The molecule has 1 N–H and O–H groups in total. The Labute approximate surface area is 97.7 Å². The topological polar surface area (TPSA) is 33.1 Å². The molecule has 1 unspecified atom stereocenters. The van der Waals surface area contributed by atoms with Crippen molar-refractivity contribution in [1.82, 2.24) is 14.9 Å². The predicted molar refractivity (Wildman–Crippen MR) is 66.8 cm³/mol. The number of rotatable bonds is 5. The molecular formula is C12H22N4. The van der Waals surface area contributed by atoms with Crippen molar-refractivity contribution in [3.8, 4) is 0 Å². The van der Waals surface area contributed by atoms with E-state index in [-0.39, 0.29) is 0 Å². The second-order valence-electron chi connectivity index (χ2n) is 4.58. The molecule has 2 heterocycles. The Morgan fingerprint density at radius 3 is 3.19 bits per heavy atom. The van der Waals surface area contributed by atoms with Crippen LogP contribution in [0.4, 0.5) is 5.95 Å². The number of anilines is 1. The van der Waals surface area contributed by atoms with E-state index >= 15 is 0 Å². The van der Waals surface area contributed by atoms with E-state index in [0.717, 1.165) is 44.5 Å². The Balaban J connectivity index is 1.99. The SMILES string of the molecule is CCCn1ccnc1N1CCC(CNC)C1. The molecule has 1 aliphatic heterocycles. The molecule has 1 aromatic rings. The smallest absolute Gasteiger partial charge is 0.205 e. The molecule has 0 aromatic carbocycles. The number of aromatic nitrogens is 2. The minimum Gasteiger partial charge on any atom is -0.342 e. The van der Waals surface area contributed by atoms with E-state index in [1.165, 1.54) is 6.42 Å². The van der Waals surface area contributed by atoms with Crippen molar-refractivity contribution in [1.29, 1.82) is 0 Å². The molecule has 0 spiro atoms. The zero-order chi connectivity index (χ0) is 11.4. The molecule has 0 bridgehead atoms. The van der Waals surface area contributed by atoms with E-state index < -0.39 is 0 Å². The first-order valence-corrected chi connectivity index (χ1v) is 6.25. The number of imidazole rings is 1. The molecule has 0 radical (unpaired) electrons. The third-order valence-corrected chi connectivity index (χ3v) is 3.22. The van der Waals surface area contributed by atoms with Gasteiger partial charge in [-0.15, -0.1) is 0 Å². The van der Waals surface area contributed by atoms with E-state index in [9.17, 15) is 0 Å². The average Bonchev–Trinajstić information content (AvgIpc) is 2.87. The summed E-state index contributed by atoms with van der Waals surface area (Å²) >= 11 is 0. The number of hydrogen-bond donors (Lipinski definition) is 1. The molecule has 1 aliphatic rings. The highest BCUT2D eigenvalue weighted by molar-refractivity contribution is 5.33. The highest BCUT2D eigenvalue weighted by Crippen LogP contribution is 2.22. The van der Waals surface area contributed by atoms with Crippen LogP contribution in [0.3, 0.4) is 0 Å². The molecule has 0 aliphatic carbocycles. The molecule has 1 aromatic heterocycles. The van der Waals surface area contributed by atoms with Gasteiger partial charge < -0.3 is 14.8 Å². The Hall–Kier alpha value is -1.03. The minimum absolute atomic E-state index is 0.775. The Morgan fingerprint density at radius 2 is 2.44 bits per heavy atom. The first-order chi connectivity index (χ1) is 7.85. The standard InChI is InChI=1S/C12H22N4/c1-3-6-15-8-5-14-12(15)16-7-4-11(10-16)9-13-2/h5,8,11,13H,3-4,6-7,9-10H2,1-2H3. The van der Waals surface area contributed by atoms with E-state index in [0.29, 0.717) is 0 Å². The van der Waals surface area contributed by atoms with Crippen LogP contribution in [-0.2, 0) is 6.54 Å². The fourth-order valence-corrected chi connectivity index (χ4v) is 2.47. The van der Waals surface area contributed by atoms with E-state index in [2.05, 4.69) is 32.9 Å². The zero-order valence-electron chi connectivity index (χ0n) is 10.3. The highest BCUT2D eigenvalue weighted by Gasteiger charge is 2.24. The Morgan fingerprint density at radius 1 is 1.56 bits per heavy atom. The van der Waals surface area contributed by atoms with Gasteiger partial charge in [0, 0.05) is 32.0 Å². The summed E-state index contributed by atoms with van der Waals surface area (Å²) in [6.45, 7) is 6.68. The summed E-state index contributed by atoms with van der Waals surface area (Å²) in [4.78, 5) is 6.89. The van der Waals surface area contributed by atoms with Crippen LogP contribution < -0.4 is 10.2 Å². The van der Waals surface area contributed by atoms with E-state index in [1.807, 2.05) is 13.2 Å². The molecule has 4 heteroatoms. The number of nitrogens with zero attached hydrogens (tertiary/aromatic N) is 3. The van der Waals surface area contributed by atoms with Crippen LogP contribution in [0.5, 0.6) is 0 Å². The summed E-state index contributed by atoms with van der Waals surface area (Å²) in [5.74, 6) is 1.93. The van der Waals surface area contributed by atoms with Crippen LogP contribution in [0, 0.1) is 5.92 Å². The van der Waals surface area contributed by atoms with Gasteiger partial charge in [0.2, 0.25) is 5.95 Å². The molecule has 0 saturated carbocycles. The summed E-state index contributed by atoms with van der Waals surface area (Å²) in [6, 6.07) is 0. The quantitative estimate of drug-likeness (QED) is 0.816. The fourth-order valence-electron chi connectivity index (χ4n) is 2.47. The minimum atomic E-state index is 0.775. The maximum absolute atomic E-state index is 4.48. The molecule has 90 valence electrons. The molecule has 2 rings (SSSR count). The van der Waals surface area contributed by atoms with Gasteiger partial charge in [0.15, 0.2) is 0 Å². The van der Waals surface area contributed by atoms with Crippen molar-refractivity contribution >= 4 is 5.95 Å². The average molecular weight is 222 g/mol. The Bertz CT molecular complexity index is 321. The van der Waals surface area contributed by atoms with Crippen LogP contribution in [0.2, 0.25) is 0 Å². The van der Waals surface area contributed by atoms with Gasteiger partial charge in [0.25, 0.3) is 0 Å². The van der Waals surface area contributed by atoms with Gasteiger partial charge in [-0.05, 0) is 32.4 Å². The predicted octanol–water partition coefficient (Wildman–Crippen LogP) is 1.34. The van der Waals surface area contributed by atoms with Gasteiger partial charge in [0.05, 0.1) is 0 Å². The lowest BCUT2D eigenvalue weighted by Crippen LogP contribution is -2.26. The van der Waals surface area contributed by atoms with E-state index in [4.69, 9.17) is 0 Å². The van der Waals surface area contributed by atoms with Gasteiger partial charge in [-0.2, -0.15) is 0 Å². The summed E-state index contributed by atoms with van der Waals surface area (Å²) in [5.41, 5.74) is 0. The summed E-state index contributed by atoms with van der Waals surface area (Å²) in [5, 5.41) is 3.26. The zero-order valence-corrected chi connectivity index (χ0v) is 10.3. The molecule has 0 amide bonds. The summed E-state index contributed by atoms with van der Waals surface area (Å²) in [6.07, 6.45) is 6.44. The van der Waals surface area contributed by atoms with Crippen LogP contribution in [-0.4, -0.2) is 36.2 Å². The van der Waals surface area contributed by atoms with Crippen LogP contribution in [0.1, 0.15) is 19.8 Å². The normalized spacial score (nSPS) is 20.6. The largest absolute Gasteiger partial charge is 0.342 e. The second kappa shape index (κ2) is 5.34. The van der Waals surface area contributed by atoms with Crippen LogP contribution in [0.15, 0.2) is 12.4 Å². The molecule has 1 atom stereocenters. The first-order valence-electron chi connectivity index (χ1n) is 6.25. The monoisotopic (exact) mass is 222 g/mol. The van der Waals surface area contributed by atoms with Crippen molar-refractivity contribution in [3.63, 3.8) is 0 Å². The fraction of sp³-hybridized carbons (Fsp3) is 0.750. The van der Waals surface area contributed by atoms with Crippen LogP contribution in [0.25, 0.3) is 0 Å². The van der Waals surface area contributed by atoms with Gasteiger partial charge >= 0.3 is 0 Å². The summed E-state index contributed by atoms with van der Waals surface area (Å²) < 4.78 is 2.27. The lowest BCUT2D eigenvalue weighted by molar-refractivity contribution is 0.547. The molecular weight excluding hydrogens is 200 g/mol. The van der Waals surface area contributed by atoms with Gasteiger partial charge in [-0.25, -0.2) is 4.98 Å². The van der Waals surface area contributed by atoms with Crippen molar-refractivity contribution in [2.24, 2.45) is 5.92 Å². The second-order valence-corrected chi connectivity index (χ2v) is 4.58. The Kier molecular flexibility index (Phi) is 3.83. The van der Waals surface area contributed by atoms with Crippen molar-refractivity contribution < 1.29 is 0 Å². The van der Waals surface area contributed by atoms with E-state index in [1.54, 1.807) is 0 Å². The number of nitrogens with one attached hydrogen (secondary N) is 1. The van der Waals surface area contributed by atoms with Crippen molar-refractivity contribution in [2.45, 2.75) is 26.3 Å². The molecule has 16 heavy (non-hydrogen) atoms. The molecule has 1 fully saturated rings. The van der Waals surface area contributed by atoms with Gasteiger partial charge in [-0.1, -0.05) is 6.92 Å². The summed E-state index contributed by atoms with van der Waals surface area (Å²) in [7, 11) is 2.03. The third-order valence-electron chi connectivity index (χ3n) is 3.22. The lowest BCUT2D eigenvalue weighted by Gasteiger charge is -2.19. The maximum Gasteiger partial charge on any atom is 0.205 e. The lowest BCUT2D eigenvalue weighted by atomic mass is 10.1. The highest BCUT2D eigenvalue weighted by atomic mass is 15.3. The number of hydrogen-bond acceptors (Lipinski definition) is 3. The molecule has 1 saturated heterocycles. The molecule has 4 nitrogen and oxygen atoms in total. The van der Waals surface area contributed by atoms with Crippen molar-refractivity contribution in [2.75, 3.05) is 31.6 Å². The third kappa shape index (κ3) is 2.38. The maximum atomic E-state index is 4.48. The van der Waals surface area contributed by atoms with Crippen LogP contribution >= 0.6 is 0 Å².